The Morgan fingerprint density at radius 3 is 2.40 bits per heavy atom. The van der Waals surface area contributed by atoms with E-state index in [1.807, 2.05) is 19.2 Å². The van der Waals surface area contributed by atoms with Crippen LogP contribution < -0.4 is 5.32 Å². The highest BCUT2D eigenvalue weighted by molar-refractivity contribution is 5.21. The van der Waals surface area contributed by atoms with Gasteiger partial charge in [-0.25, -0.2) is 4.39 Å². The van der Waals surface area contributed by atoms with Crippen molar-refractivity contribution in [1.82, 2.24) is 15.1 Å². The highest BCUT2D eigenvalue weighted by Gasteiger charge is 2.13. The van der Waals surface area contributed by atoms with E-state index >= 15 is 0 Å². The lowest BCUT2D eigenvalue weighted by atomic mass is 10.0. The topological polar surface area (TPSA) is 18.5 Å². The molecule has 0 saturated heterocycles. The molecule has 1 atom stereocenters. The number of nitrogens with one attached hydrogen (secondary N) is 1. The Hall–Kier alpha value is -0.970. The number of hydrogen-bond acceptors (Lipinski definition) is 3. The number of benzene rings is 1. The van der Waals surface area contributed by atoms with E-state index in [-0.39, 0.29) is 11.9 Å². The van der Waals surface area contributed by atoms with Crippen LogP contribution in [0.5, 0.6) is 0 Å². The standard InChI is InChI=1S/C16H28FN3/c1-18-16(14-8-5-6-9-15(14)17)10-13-20(4)12-7-11-19(2)3/h5-6,8-9,16,18H,7,10-13H2,1-4H3. The van der Waals surface area contributed by atoms with Gasteiger partial charge in [-0.1, -0.05) is 18.2 Å². The third-order valence-corrected chi connectivity index (χ3v) is 3.57. The first-order valence-electron chi connectivity index (χ1n) is 7.29. The van der Waals surface area contributed by atoms with E-state index < -0.39 is 0 Å². The Bertz CT molecular complexity index is 382. The van der Waals surface area contributed by atoms with E-state index in [1.165, 1.54) is 6.07 Å². The van der Waals surface area contributed by atoms with Crippen LogP contribution in [0.25, 0.3) is 0 Å². The summed E-state index contributed by atoms with van der Waals surface area (Å²) in [5.74, 6) is -0.123. The van der Waals surface area contributed by atoms with Gasteiger partial charge in [-0.3, -0.25) is 0 Å². The lowest BCUT2D eigenvalue weighted by Crippen LogP contribution is -2.28. The summed E-state index contributed by atoms with van der Waals surface area (Å²) in [4.78, 5) is 4.51. The van der Waals surface area contributed by atoms with Gasteiger partial charge in [0, 0.05) is 11.6 Å². The normalized spacial score (nSPS) is 13.2. The average Bonchev–Trinajstić information content (AvgIpc) is 2.41. The molecule has 20 heavy (non-hydrogen) atoms. The SMILES string of the molecule is CNC(CCN(C)CCCN(C)C)c1ccccc1F. The maximum absolute atomic E-state index is 13.8. The molecule has 0 aliphatic heterocycles. The van der Waals surface area contributed by atoms with Crippen LogP contribution in [0.3, 0.4) is 0 Å². The molecule has 0 radical (unpaired) electrons. The van der Waals surface area contributed by atoms with E-state index in [2.05, 4.69) is 36.3 Å². The molecule has 0 fully saturated rings. The van der Waals surface area contributed by atoms with Crippen molar-refractivity contribution >= 4 is 0 Å². The molecule has 0 amide bonds. The lowest BCUT2D eigenvalue weighted by molar-refractivity contribution is 0.285. The van der Waals surface area contributed by atoms with Crippen molar-refractivity contribution in [2.24, 2.45) is 0 Å². The molecule has 1 unspecified atom stereocenters. The fraction of sp³-hybridized carbons (Fsp3) is 0.625. The predicted molar refractivity (Wildman–Crippen MR) is 83.5 cm³/mol. The summed E-state index contributed by atoms with van der Waals surface area (Å²) in [5, 5.41) is 3.21. The molecule has 1 aromatic rings. The molecule has 0 spiro atoms. The van der Waals surface area contributed by atoms with Gasteiger partial charge in [0.2, 0.25) is 0 Å². The summed E-state index contributed by atoms with van der Waals surface area (Å²) in [6, 6.07) is 7.10. The van der Waals surface area contributed by atoms with Gasteiger partial charge in [-0.2, -0.15) is 0 Å². The minimum absolute atomic E-state index is 0.0764. The van der Waals surface area contributed by atoms with Crippen LogP contribution in [-0.4, -0.2) is 57.6 Å². The molecule has 0 bridgehead atoms. The molecule has 0 aliphatic carbocycles. The van der Waals surface area contributed by atoms with Crippen LogP contribution in [0.4, 0.5) is 4.39 Å². The second kappa shape index (κ2) is 9.06. The predicted octanol–water partition coefficient (Wildman–Crippen LogP) is 2.36. The van der Waals surface area contributed by atoms with Gasteiger partial charge in [0.25, 0.3) is 0 Å². The Balaban J connectivity index is 2.40. The highest BCUT2D eigenvalue weighted by Crippen LogP contribution is 2.19. The number of hydrogen-bond donors (Lipinski definition) is 1. The fourth-order valence-electron chi connectivity index (χ4n) is 2.33. The third-order valence-electron chi connectivity index (χ3n) is 3.57. The summed E-state index contributed by atoms with van der Waals surface area (Å²) < 4.78 is 13.8. The van der Waals surface area contributed by atoms with Crippen LogP contribution in [-0.2, 0) is 0 Å². The van der Waals surface area contributed by atoms with Crippen molar-refractivity contribution in [2.45, 2.75) is 18.9 Å². The van der Waals surface area contributed by atoms with Gasteiger partial charge in [0.05, 0.1) is 0 Å². The Kier molecular flexibility index (Phi) is 7.73. The second-order valence-electron chi connectivity index (χ2n) is 5.61. The van der Waals surface area contributed by atoms with E-state index in [0.717, 1.165) is 38.0 Å². The molecule has 0 saturated carbocycles. The first-order chi connectivity index (χ1) is 9.54. The lowest BCUT2D eigenvalue weighted by Gasteiger charge is -2.22. The summed E-state index contributed by atoms with van der Waals surface area (Å²) in [7, 11) is 8.21. The number of halogens is 1. The van der Waals surface area contributed by atoms with Crippen molar-refractivity contribution < 1.29 is 4.39 Å². The zero-order valence-corrected chi connectivity index (χ0v) is 13.2. The molecule has 0 aliphatic rings. The fourth-order valence-corrected chi connectivity index (χ4v) is 2.33. The van der Waals surface area contributed by atoms with Gasteiger partial charge in [0.1, 0.15) is 5.82 Å². The zero-order chi connectivity index (χ0) is 15.0. The smallest absolute Gasteiger partial charge is 0.127 e. The third kappa shape index (κ3) is 5.99. The summed E-state index contributed by atoms with van der Waals surface area (Å²) in [6.07, 6.45) is 2.07. The van der Waals surface area contributed by atoms with Crippen molar-refractivity contribution in [3.63, 3.8) is 0 Å². The number of rotatable bonds is 9. The minimum Gasteiger partial charge on any atom is -0.313 e. The van der Waals surface area contributed by atoms with Crippen molar-refractivity contribution in [3.8, 4) is 0 Å². The largest absolute Gasteiger partial charge is 0.313 e. The summed E-state index contributed by atoms with van der Waals surface area (Å²) in [5.41, 5.74) is 0.761. The van der Waals surface area contributed by atoms with Crippen molar-refractivity contribution in [1.29, 1.82) is 0 Å². The molecule has 3 nitrogen and oxygen atoms in total. The van der Waals surface area contributed by atoms with Crippen LogP contribution >= 0.6 is 0 Å². The molecule has 1 rings (SSSR count). The van der Waals surface area contributed by atoms with Gasteiger partial charge in [-0.15, -0.1) is 0 Å². The number of nitrogens with zero attached hydrogens (tertiary/aromatic N) is 2. The molecular weight excluding hydrogens is 253 g/mol. The molecule has 1 aromatic carbocycles. The Morgan fingerprint density at radius 2 is 1.80 bits per heavy atom. The van der Waals surface area contributed by atoms with Crippen LogP contribution in [0.2, 0.25) is 0 Å². The molecule has 0 heterocycles. The molecule has 0 aromatic heterocycles. The van der Waals surface area contributed by atoms with E-state index in [9.17, 15) is 4.39 Å². The van der Waals surface area contributed by atoms with Gasteiger partial charge in [-0.05, 0) is 66.7 Å². The van der Waals surface area contributed by atoms with E-state index in [4.69, 9.17) is 0 Å². The minimum atomic E-state index is -0.123. The molecule has 1 N–H and O–H groups in total. The molecular formula is C16H28FN3. The Labute approximate surface area is 122 Å². The molecule has 4 heteroatoms. The maximum Gasteiger partial charge on any atom is 0.127 e. The zero-order valence-electron chi connectivity index (χ0n) is 13.2. The van der Waals surface area contributed by atoms with E-state index in [1.54, 1.807) is 6.07 Å². The first kappa shape index (κ1) is 17.1. The first-order valence-corrected chi connectivity index (χ1v) is 7.29. The van der Waals surface area contributed by atoms with Gasteiger partial charge >= 0.3 is 0 Å². The second-order valence-corrected chi connectivity index (χ2v) is 5.61. The van der Waals surface area contributed by atoms with Crippen molar-refractivity contribution in [2.75, 3.05) is 47.8 Å². The quantitative estimate of drug-likeness (QED) is 0.749. The highest BCUT2D eigenvalue weighted by atomic mass is 19.1. The molecule has 114 valence electrons. The summed E-state index contributed by atoms with van der Waals surface area (Å²) in [6.45, 7) is 3.15. The van der Waals surface area contributed by atoms with Crippen LogP contribution in [0, 0.1) is 5.82 Å². The Morgan fingerprint density at radius 1 is 1.10 bits per heavy atom. The van der Waals surface area contributed by atoms with Gasteiger partial charge in [0.15, 0.2) is 0 Å². The van der Waals surface area contributed by atoms with E-state index in [0.29, 0.717) is 0 Å². The van der Waals surface area contributed by atoms with Crippen LogP contribution in [0.1, 0.15) is 24.4 Å². The van der Waals surface area contributed by atoms with Gasteiger partial charge < -0.3 is 15.1 Å². The van der Waals surface area contributed by atoms with Crippen LogP contribution in [0.15, 0.2) is 24.3 Å². The van der Waals surface area contributed by atoms with Crippen molar-refractivity contribution in [3.05, 3.63) is 35.6 Å². The maximum atomic E-state index is 13.8. The summed E-state index contributed by atoms with van der Waals surface area (Å²) >= 11 is 0. The monoisotopic (exact) mass is 281 g/mol. The average molecular weight is 281 g/mol.